The summed E-state index contributed by atoms with van der Waals surface area (Å²) in [6, 6.07) is -0.914. The summed E-state index contributed by atoms with van der Waals surface area (Å²) in [4.78, 5) is 13.3. The molecule has 0 aromatic heterocycles. The number of aliphatic hydroxyl groups is 8. The van der Waals surface area contributed by atoms with Gasteiger partial charge in [-0.05, 0) is 44.9 Å². The van der Waals surface area contributed by atoms with Crippen molar-refractivity contribution in [2.45, 2.75) is 351 Å². The Kier molecular flexibility index (Phi) is 45.7. The van der Waals surface area contributed by atoms with Gasteiger partial charge >= 0.3 is 0 Å². The minimum atomic E-state index is -1.79. The van der Waals surface area contributed by atoms with Crippen LogP contribution in [-0.4, -0.2) is 140 Å². The molecule has 0 saturated carbocycles. The average Bonchev–Trinajstić information content (AvgIpc) is 3.44. The summed E-state index contributed by atoms with van der Waals surface area (Å²) in [5, 5.41) is 87.2. The molecule has 9 N–H and O–H groups in total. The lowest BCUT2D eigenvalue weighted by atomic mass is 9.97. The summed E-state index contributed by atoms with van der Waals surface area (Å²) in [5.74, 6) is -0.238. The Morgan fingerprint density at radius 3 is 1.23 bits per heavy atom. The van der Waals surface area contributed by atoms with E-state index < -0.39 is 86.8 Å². The molecule has 14 heteroatoms. The third-order valence-corrected chi connectivity index (χ3v) is 15.9. The highest BCUT2D eigenvalue weighted by Crippen LogP contribution is 2.30. The Morgan fingerprint density at radius 2 is 0.818 bits per heavy atom. The van der Waals surface area contributed by atoms with Gasteiger partial charge in [0.2, 0.25) is 5.91 Å². The Morgan fingerprint density at radius 1 is 0.455 bits per heavy atom. The first-order valence-electron chi connectivity index (χ1n) is 32.1. The smallest absolute Gasteiger partial charge is 0.220 e. The van der Waals surface area contributed by atoms with Gasteiger partial charge in [0.15, 0.2) is 12.6 Å². The maximum Gasteiger partial charge on any atom is 0.220 e. The van der Waals surface area contributed by atoms with Crippen molar-refractivity contribution in [2.75, 3.05) is 19.8 Å². The molecule has 2 heterocycles. The van der Waals surface area contributed by atoms with Crippen LogP contribution in [-0.2, 0) is 23.7 Å². The van der Waals surface area contributed by atoms with E-state index in [-0.39, 0.29) is 18.9 Å². The fourth-order valence-electron chi connectivity index (χ4n) is 10.7. The number of ether oxygens (including phenoxy) is 4. The van der Waals surface area contributed by atoms with Crippen molar-refractivity contribution < 1.29 is 64.6 Å². The van der Waals surface area contributed by atoms with Crippen molar-refractivity contribution in [1.29, 1.82) is 0 Å². The van der Waals surface area contributed by atoms with Crippen molar-refractivity contribution in [2.24, 2.45) is 0 Å². The van der Waals surface area contributed by atoms with Gasteiger partial charge in [0, 0.05) is 6.42 Å². The number of amides is 1. The SMILES string of the molecule is CCCCCCCC/C=C\CCCCCCCCCCCC(=O)NC(COC1OC(CO)C(OC2OC(CO)C(O)C(O)C2O)C(O)C1O)C(O)/C=C/CCCCCCCCCCCCCCCCCCCCCCCC. The van der Waals surface area contributed by atoms with Crippen LogP contribution in [0.15, 0.2) is 24.3 Å². The second-order valence-electron chi connectivity index (χ2n) is 22.9. The minimum Gasteiger partial charge on any atom is -0.394 e. The van der Waals surface area contributed by atoms with Crippen molar-refractivity contribution in [3.8, 4) is 0 Å². The lowest BCUT2D eigenvalue weighted by Gasteiger charge is -2.46. The van der Waals surface area contributed by atoms with Gasteiger partial charge < -0.3 is 65.1 Å². The molecule has 0 spiro atoms. The Labute approximate surface area is 468 Å². The Hall–Kier alpha value is -1.53. The van der Waals surface area contributed by atoms with E-state index in [2.05, 4.69) is 31.3 Å². The molecule has 0 aromatic rings. The number of rotatable bonds is 52. The zero-order valence-corrected chi connectivity index (χ0v) is 49.0. The number of nitrogens with one attached hydrogen (secondary N) is 1. The van der Waals surface area contributed by atoms with Gasteiger partial charge in [-0.25, -0.2) is 0 Å². The largest absolute Gasteiger partial charge is 0.394 e. The zero-order valence-electron chi connectivity index (χ0n) is 49.0. The van der Waals surface area contributed by atoms with E-state index in [0.29, 0.717) is 6.42 Å². The molecular weight excluding hydrogens is 979 g/mol. The lowest BCUT2D eigenvalue weighted by Crippen LogP contribution is -2.65. The molecule has 2 fully saturated rings. The molecule has 1 amide bonds. The molecule has 0 radical (unpaired) electrons. The number of allylic oxidation sites excluding steroid dienone is 3. The van der Waals surface area contributed by atoms with E-state index in [1.807, 2.05) is 6.08 Å². The molecule has 0 bridgehead atoms. The van der Waals surface area contributed by atoms with Gasteiger partial charge in [0.1, 0.15) is 48.8 Å². The van der Waals surface area contributed by atoms with Gasteiger partial charge in [-0.15, -0.1) is 0 Å². The maximum atomic E-state index is 13.3. The summed E-state index contributed by atoms with van der Waals surface area (Å²) in [6.07, 6.45) is 42.2. The predicted octanol–water partition coefficient (Wildman–Crippen LogP) is 11.6. The van der Waals surface area contributed by atoms with Gasteiger partial charge in [0.05, 0.1) is 32.0 Å². The number of hydrogen-bond donors (Lipinski definition) is 9. The number of aliphatic hydroxyl groups excluding tert-OH is 8. The van der Waals surface area contributed by atoms with E-state index >= 15 is 0 Å². The quantitative estimate of drug-likeness (QED) is 0.0204. The maximum absolute atomic E-state index is 13.3. The number of unbranched alkanes of at least 4 members (excludes halogenated alkanes) is 37. The summed E-state index contributed by atoms with van der Waals surface area (Å²) < 4.78 is 22.8. The molecule has 2 aliphatic rings. The minimum absolute atomic E-state index is 0.238. The number of carbonyl (C=O) groups is 1. The fraction of sp³-hybridized carbons (Fsp3) is 0.921. The summed E-state index contributed by atoms with van der Waals surface area (Å²) in [5.41, 5.74) is 0. The van der Waals surface area contributed by atoms with E-state index in [9.17, 15) is 45.6 Å². The number of carbonyl (C=O) groups excluding carboxylic acids is 1. The molecule has 12 unspecified atom stereocenters. The molecule has 0 aromatic carbocycles. The fourth-order valence-corrected chi connectivity index (χ4v) is 10.7. The molecule has 454 valence electrons. The monoisotopic (exact) mass is 1100 g/mol. The summed E-state index contributed by atoms with van der Waals surface area (Å²) in [7, 11) is 0. The first-order valence-corrected chi connectivity index (χ1v) is 32.1. The van der Waals surface area contributed by atoms with Crippen molar-refractivity contribution in [3.05, 3.63) is 24.3 Å². The second-order valence-corrected chi connectivity index (χ2v) is 22.9. The van der Waals surface area contributed by atoms with Crippen LogP contribution in [0.5, 0.6) is 0 Å². The van der Waals surface area contributed by atoms with E-state index in [4.69, 9.17) is 18.9 Å². The highest BCUT2D eigenvalue weighted by molar-refractivity contribution is 5.76. The molecule has 2 rings (SSSR count). The molecule has 2 saturated heterocycles. The van der Waals surface area contributed by atoms with Crippen LogP contribution in [0.4, 0.5) is 0 Å². The first kappa shape index (κ1) is 71.6. The van der Waals surface area contributed by atoms with Crippen LogP contribution < -0.4 is 5.32 Å². The summed E-state index contributed by atoms with van der Waals surface area (Å²) >= 11 is 0. The van der Waals surface area contributed by atoms with Crippen molar-refractivity contribution >= 4 is 5.91 Å². The van der Waals surface area contributed by atoms with Crippen LogP contribution in [0.25, 0.3) is 0 Å². The third-order valence-electron chi connectivity index (χ3n) is 15.9. The standard InChI is InChI=1S/C63H119NO13/c1-3-5-7-9-11-13-15-17-19-21-23-24-25-26-27-29-30-32-34-36-38-40-42-44-46-52(67)51(64-55(68)47-45-43-41-39-37-35-33-31-28-22-20-18-16-14-12-10-8-6-4-2)50-74-62-60(73)58(71)61(54(49-66)76-62)77-63-59(72)57(70)56(69)53(48-65)75-63/h18,20,44,46,51-54,56-63,65-67,69-73H,3-17,19,21-43,45,47-50H2,1-2H3,(H,64,68)/b20-18-,46-44+. The van der Waals surface area contributed by atoms with Gasteiger partial charge in [-0.3, -0.25) is 4.79 Å². The highest BCUT2D eigenvalue weighted by Gasteiger charge is 2.51. The van der Waals surface area contributed by atoms with Gasteiger partial charge in [0.25, 0.3) is 0 Å². The van der Waals surface area contributed by atoms with Crippen LogP contribution in [0, 0.1) is 0 Å². The van der Waals surface area contributed by atoms with Crippen LogP contribution in [0.1, 0.15) is 277 Å². The Balaban J connectivity index is 1.73. The molecule has 12 atom stereocenters. The van der Waals surface area contributed by atoms with E-state index in [1.54, 1.807) is 6.08 Å². The third kappa shape index (κ3) is 34.5. The topological polar surface area (TPSA) is 228 Å². The van der Waals surface area contributed by atoms with Crippen LogP contribution in [0.2, 0.25) is 0 Å². The van der Waals surface area contributed by atoms with Crippen molar-refractivity contribution in [1.82, 2.24) is 5.32 Å². The van der Waals surface area contributed by atoms with Crippen molar-refractivity contribution in [3.63, 3.8) is 0 Å². The highest BCUT2D eigenvalue weighted by atomic mass is 16.7. The molecular formula is C63H119NO13. The molecule has 0 aliphatic carbocycles. The molecule has 14 nitrogen and oxygen atoms in total. The Bertz CT molecular complexity index is 1390. The van der Waals surface area contributed by atoms with E-state index in [1.165, 1.54) is 212 Å². The van der Waals surface area contributed by atoms with Gasteiger partial charge in [-0.1, -0.05) is 250 Å². The molecule has 2 aliphatic heterocycles. The van der Waals surface area contributed by atoms with Crippen LogP contribution >= 0.6 is 0 Å². The first-order chi connectivity index (χ1) is 37.6. The summed E-state index contributed by atoms with van der Waals surface area (Å²) in [6.45, 7) is 2.83. The zero-order chi connectivity index (χ0) is 56.0. The molecule has 77 heavy (non-hydrogen) atoms. The number of hydrogen-bond acceptors (Lipinski definition) is 13. The van der Waals surface area contributed by atoms with Gasteiger partial charge in [-0.2, -0.15) is 0 Å². The van der Waals surface area contributed by atoms with E-state index in [0.717, 1.165) is 38.5 Å². The lowest BCUT2D eigenvalue weighted by molar-refractivity contribution is -0.359. The average molecular weight is 1100 g/mol. The second kappa shape index (κ2) is 49.1. The van der Waals surface area contributed by atoms with Crippen LogP contribution in [0.3, 0.4) is 0 Å². The predicted molar refractivity (Wildman–Crippen MR) is 309 cm³/mol. The normalized spacial score (nSPS) is 24.8.